The fourth-order valence-corrected chi connectivity index (χ4v) is 1.62. The van der Waals surface area contributed by atoms with Gasteiger partial charge in [0.05, 0.1) is 7.11 Å². The summed E-state index contributed by atoms with van der Waals surface area (Å²) in [6.07, 6.45) is 0. The quantitative estimate of drug-likeness (QED) is 0.713. The second-order valence-corrected chi connectivity index (χ2v) is 3.51. The lowest BCUT2D eigenvalue weighted by Gasteiger charge is -2.20. The second kappa shape index (κ2) is 4.25. The summed E-state index contributed by atoms with van der Waals surface area (Å²) in [5.41, 5.74) is 0.508. The minimum Gasteiger partial charge on any atom is -0.497 e. The van der Waals surface area contributed by atoms with Gasteiger partial charge in [0, 0.05) is 0 Å². The predicted molar refractivity (Wildman–Crippen MR) is 57.4 cm³/mol. The second-order valence-electron chi connectivity index (χ2n) is 3.51. The van der Waals surface area contributed by atoms with E-state index in [4.69, 9.17) is 4.74 Å². The van der Waals surface area contributed by atoms with Crippen molar-refractivity contribution >= 4 is 17.8 Å². The van der Waals surface area contributed by atoms with E-state index in [-0.39, 0.29) is 0 Å². The summed E-state index contributed by atoms with van der Waals surface area (Å²) in [5.74, 6) is -1.62. The topological polar surface area (TPSA) is 84.5 Å². The van der Waals surface area contributed by atoms with Crippen LogP contribution >= 0.6 is 0 Å². The molecular formula is C11H10N2O4. The highest BCUT2D eigenvalue weighted by atomic mass is 16.5. The average molecular weight is 234 g/mol. The van der Waals surface area contributed by atoms with Gasteiger partial charge in [-0.25, -0.2) is 4.79 Å². The Hall–Kier alpha value is -2.37. The maximum absolute atomic E-state index is 11.5. The number of hydrogen-bond acceptors (Lipinski definition) is 4. The zero-order valence-corrected chi connectivity index (χ0v) is 9.02. The van der Waals surface area contributed by atoms with Gasteiger partial charge in [0.2, 0.25) is 11.8 Å². The first-order valence-corrected chi connectivity index (χ1v) is 4.91. The number of carbonyl (C=O) groups is 3. The lowest BCUT2D eigenvalue weighted by atomic mass is 9.96. The van der Waals surface area contributed by atoms with Crippen molar-refractivity contribution in [3.05, 3.63) is 29.8 Å². The molecule has 1 fully saturated rings. The van der Waals surface area contributed by atoms with Crippen LogP contribution in [-0.2, 0) is 9.59 Å². The number of rotatable bonds is 2. The number of ether oxygens (including phenoxy) is 1. The molecule has 6 heteroatoms. The normalized spacial score (nSPS) is 16.4. The number of nitrogens with one attached hydrogen (secondary N) is 2. The molecule has 0 aliphatic carbocycles. The number of methoxy groups -OCH3 is 1. The van der Waals surface area contributed by atoms with Gasteiger partial charge in [-0.1, -0.05) is 12.1 Å². The van der Waals surface area contributed by atoms with Crippen molar-refractivity contribution < 1.29 is 19.1 Å². The summed E-state index contributed by atoms with van der Waals surface area (Å²) < 4.78 is 4.97. The van der Waals surface area contributed by atoms with Crippen LogP contribution in [0.25, 0.3) is 0 Å². The van der Waals surface area contributed by atoms with Crippen LogP contribution in [0.1, 0.15) is 11.5 Å². The number of urea groups is 1. The van der Waals surface area contributed by atoms with Crippen LogP contribution in [0.2, 0.25) is 0 Å². The van der Waals surface area contributed by atoms with Crippen molar-refractivity contribution in [3.63, 3.8) is 0 Å². The van der Waals surface area contributed by atoms with E-state index in [9.17, 15) is 14.4 Å². The highest BCUT2D eigenvalue weighted by Crippen LogP contribution is 2.21. The fraction of sp³-hybridized carbons (Fsp3) is 0.182. The molecule has 2 N–H and O–H groups in total. The molecule has 1 aliphatic rings. The van der Waals surface area contributed by atoms with Gasteiger partial charge >= 0.3 is 6.03 Å². The molecule has 0 saturated carbocycles. The molecular weight excluding hydrogens is 224 g/mol. The SMILES string of the molecule is COc1ccc(C2C(=O)NC(=O)NC2=O)cc1. The minimum absolute atomic E-state index is 0.508. The number of barbiturate groups is 1. The predicted octanol–water partition coefficient (Wildman–Crippen LogP) is 0.145. The molecule has 2 rings (SSSR count). The summed E-state index contributed by atoms with van der Waals surface area (Å²) >= 11 is 0. The molecule has 1 saturated heterocycles. The van der Waals surface area contributed by atoms with E-state index >= 15 is 0 Å². The largest absolute Gasteiger partial charge is 0.497 e. The Labute approximate surface area is 96.9 Å². The lowest BCUT2D eigenvalue weighted by molar-refractivity contribution is -0.132. The summed E-state index contributed by atoms with van der Waals surface area (Å²) in [4.78, 5) is 34.0. The van der Waals surface area contributed by atoms with Gasteiger partial charge in [-0.15, -0.1) is 0 Å². The molecule has 17 heavy (non-hydrogen) atoms. The highest BCUT2D eigenvalue weighted by Gasteiger charge is 2.35. The first-order chi connectivity index (χ1) is 8.11. The van der Waals surface area contributed by atoms with Crippen LogP contribution in [0.3, 0.4) is 0 Å². The monoisotopic (exact) mass is 234 g/mol. The standard InChI is InChI=1S/C11H10N2O4/c1-17-7-4-2-6(3-5-7)8-9(14)12-11(16)13-10(8)15/h2-5,8H,1H3,(H2,12,13,14,15,16). The Morgan fingerprint density at radius 1 is 1.00 bits per heavy atom. The smallest absolute Gasteiger partial charge is 0.328 e. The van der Waals surface area contributed by atoms with Crippen LogP contribution in [0.5, 0.6) is 5.75 Å². The van der Waals surface area contributed by atoms with Gasteiger partial charge in [-0.3, -0.25) is 20.2 Å². The Bertz CT molecular complexity index is 461. The molecule has 1 aliphatic heterocycles. The van der Waals surface area contributed by atoms with Crippen LogP contribution in [0.15, 0.2) is 24.3 Å². The van der Waals surface area contributed by atoms with Crippen molar-refractivity contribution in [1.82, 2.24) is 10.6 Å². The van der Waals surface area contributed by atoms with Gasteiger partial charge in [0.15, 0.2) is 0 Å². The van der Waals surface area contributed by atoms with E-state index in [1.807, 2.05) is 10.6 Å². The molecule has 0 aromatic heterocycles. The first kappa shape index (κ1) is 11.1. The lowest BCUT2D eigenvalue weighted by Crippen LogP contribution is -2.54. The third-order valence-corrected chi connectivity index (χ3v) is 2.45. The van der Waals surface area contributed by atoms with Gasteiger partial charge in [0.1, 0.15) is 11.7 Å². The number of amides is 4. The van der Waals surface area contributed by atoms with Crippen molar-refractivity contribution in [1.29, 1.82) is 0 Å². The summed E-state index contributed by atoms with van der Waals surface area (Å²) in [6.45, 7) is 0. The third kappa shape index (κ3) is 2.10. The Morgan fingerprint density at radius 2 is 1.53 bits per heavy atom. The van der Waals surface area contributed by atoms with Crippen LogP contribution in [0.4, 0.5) is 4.79 Å². The summed E-state index contributed by atoms with van der Waals surface area (Å²) in [5, 5.41) is 4.09. The Balaban J connectivity index is 2.28. The molecule has 88 valence electrons. The zero-order chi connectivity index (χ0) is 12.4. The average Bonchev–Trinajstić information content (AvgIpc) is 2.28. The van der Waals surface area contributed by atoms with E-state index in [1.54, 1.807) is 24.3 Å². The van der Waals surface area contributed by atoms with Gasteiger partial charge in [-0.2, -0.15) is 0 Å². The number of carbonyl (C=O) groups excluding carboxylic acids is 3. The molecule has 1 heterocycles. The molecule has 0 bridgehead atoms. The Morgan fingerprint density at radius 3 is 2.00 bits per heavy atom. The van der Waals surface area contributed by atoms with E-state index in [1.165, 1.54) is 7.11 Å². The molecule has 0 radical (unpaired) electrons. The molecule has 1 aromatic rings. The minimum atomic E-state index is -1.00. The van der Waals surface area contributed by atoms with Gasteiger partial charge < -0.3 is 4.74 Å². The van der Waals surface area contributed by atoms with Gasteiger partial charge in [-0.05, 0) is 17.7 Å². The molecule has 0 unspecified atom stereocenters. The third-order valence-electron chi connectivity index (χ3n) is 2.45. The summed E-state index contributed by atoms with van der Waals surface area (Å²) in [6, 6.07) is 5.72. The van der Waals surface area contributed by atoms with Crippen molar-refractivity contribution in [2.45, 2.75) is 5.92 Å². The zero-order valence-electron chi connectivity index (χ0n) is 9.02. The molecule has 1 aromatic carbocycles. The summed E-state index contributed by atoms with van der Waals surface area (Å²) in [7, 11) is 1.52. The van der Waals surface area contributed by atoms with Crippen molar-refractivity contribution in [2.24, 2.45) is 0 Å². The fourth-order valence-electron chi connectivity index (χ4n) is 1.62. The number of hydrogen-bond donors (Lipinski definition) is 2. The number of benzene rings is 1. The first-order valence-electron chi connectivity index (χ1n) is 4.91. The van der Waals surface area contributed by atoms with Crippen molar-refractivity contribution in [2.75, 3.05) is 7.11 Å². The van der Waals surface area contributed by atoms with Crippen LogP contribution in [-0.4, -0.2) is 25.0 Å². The number of imide groups is 2. The highest BCUT2D eigenvalue weighted by molar-refractivity contribution is 6.19. The van der Waals surface area contributed by atoms with Crippen LogP contribution in [0, 0.1) is 0 Å². The molecule has 0 spiro atoms. The molecule has 6 nitrogen and oxygen atoms in total. The van der Waals surface area contributed by atoms with E-state index in [0.29, 0.717) is 11.3 Å². The van der Waals surface area contributed by atoms with Crippen LogP contribution < -0.4 is 15.4 Å². The van der Waals surface area contributed by atoms with E-state index in [0.717, 1.165) is 0 Å². The van der Waals surface area contributed by atoms with E-state index < -0.39 is 23.8 Å². The van der Waals surface area contributed by atoms with Crippen molar-refractivity contribution in [3.8, 4) is 5.75 Å². The maximum Gasteiger partial charge on any atom is 0.328 e. The van der Waals surface area contributed by atoms with E-state index in [2.05, 4.69) is 0 Å². The Kier molecular flexibility index (Phi) is 2.78. The maximum atomic E-state index is 11.5. The molecule has 0 atom stereocenters. The van der Waals surface area contributed by atoms with Gasteiger partial charge in [0.25, 0.3) is 0 Å². The molecule has 4 amide bonds.